The van der Waals surface area contributed by atoms with Gasteiger partial charge in [-0.15, -0.1) is 9.19 Å². The first-order valence-corrected chi connectivity index (χ1v) is 12.6. The molecule has 11 heteroatoms. The molecule has 1 amide bonds. The molecule has 0 spiro atoms. The second kappa shape index (κ2) is 10.2. The highest BCUT2D eigenvalue weighted by atomic mass is 32.2. The molecule has 3 rings (SSSR count). The van der Waals surface area contributed by atoms with Gasteiger partial charge in [0.15, 0.2) is 5.82 Å². The molecule has 10 nitrogen and oxygen atoms in total. The number of piperidine rings is 1. The highest BCUT2D eigenvalue weighted by molar-refractivity contribution is 7.87. The second-order valence-corrected chi connectivity index (χ2v) is 10.9. The average molecular weight is 478 g/mol. The fourth-order valence-electron chi connectivity index (χ4n) is 4.24. The Morgan fingerprint density at radius 2 is 1.91 bits per heavy atom. The molecule has 1 saturated heterocycles. The Balaban J connectivity index is 1.77. The van der Waals surface area contributed by atoms with Crippen LogP contribution in [0.1, 0.15) is 49.8 Å². The maximum Gasteiger partial charge on any atom is 0.322 e. The summed E-state index contributed by atoms with van der Waals surface area (Å²) in [4.78, 5) is 18.2. The van der Waals surface area contributed by atoms with Crippen molar-refractivity contribution in [1.29, 1.82) is 0 Å². The van der Waals surface area contributed by atoms with E-state index in [1.807, 2.05) is 32.9 Å². The van der Waals surface area contributed by atoms with Crippen LogP contribution in [0.5, 0.6) is 0 Å². The number of aromatic nitrogens is 3. The predicted molar refractivity (Wildman–Crippen MR) is 129 cm³/mol. The Morgan fingerprint density at radius 3 is 2.52 bits per heavy atom. The molecule has 0 aliphatic carbocycles. The van der Waals surface area contributed by atoms with Crippen LogP contribution in [-0.2, 0) is 15.0 Å². The Labute approximate surface area is 196 Å². The molecule has 2 aromatic heterocycles. The number of hydrogen-bond acceptors (Lipinski definition) is 7. The first-order valence-electron chi connectivity index (χ1n) is 11.2. The topological polar surface area (TPSA) is 112 Å². The summed E-state index contributed by atoms with van der Waals surface area (Å²) in [6.45, 7) is 9.87. The molecule has 2 aromatic rings. The summed E-state index contributed by atoms with van der Waals surface area (Å²) < 4.78 is 28.0. The molecule has 1 aliphatic heterocycles. The van der Waals surface area contributed by atoms with Gasteiger partial charge < -0.3 is 10.6 Å². The van der Waals surface area contributed by atoms with E-state index in [1.165, 1.54) is 21.0 Å². The molecule has 1 fully saturated rings. The van der Waals surface area contributed by atoms with E-state index in [9.17, 15) is 13.2 Å². The minimum Gasteiger partial charge on any atom is -0.385 e. The van der Waals surface area contributed by atoms with Gasteiger partial charge in [0, 0.05) is 57.3 Å². The van der Waals surface area contributed by atoms with Gasteiger partial charge in [-0.2, -0.15) is 12.7 Å². The highest BCUT2D eigenvalue weighted by Gasteiger charge is 2.31. The summed E-state index contributed by atoms with van der Waals surface area (Å²) in [5.41, 5.74) is 3.57. The van der Waals surface area contributed by atoms with E-state index in [-0.39, 0.29) is 17.8 Å². The summed E-state index contributed by atoms with van der Waals surface area (Å²) in [5, 5.41) is 10.3. The number of amides is 1. The van der Waals surface area contributed by atoms with Crippen LogP contribution in [0.15, 0.2) is 18.2 Å². The van der Waals surface area contributed by atoms with Crippen molar-refractivity contribution in [2.75, 3.05) is 44.4 Å². The maximum absolute atomic E-state index is 12.9. The minimum absolute atomic E-state index is 0.192. The van der Waals surface area contributed by atoms with E-state index < -0.39 is 10.2 Å². The fraction of sp³-hybridized carbons (Fsp3) is 0.591. The number of anilines is 2. The smallest absolute Gasteiger partial charge is 0.322 e. The van der Waals surface area contributed by atoms with Crippen LogP contribution in [0.4, 0.5) is 11.5 Å². The highest BCUT2D eigenvalue weighted by Crippen LogP contribution is 2.29. The molecular formula is C22H35N7O3S. The van der Waals surface area contributed by atoms with Gasteiger partial charge in [0.1, 0.15) is 0 Å². The van der Waals surface area contributed by atoms with Crippen LogP contribution in [0.25, 0.3) is 0 Å². The molecule has 33 heavy (non-hydrogen) atoms. The molecule has 0 bridgehead atoms. The fourth-order valence-corrected chi connectivity index (χ4v) is 5.21. The number of nitrogens with zero attached hydrogens (tertiary/aromatic N) is 5. The summed E-state index contributed by atoms with van der Waals surface area (Å²) in [6, 6.07) is 5.55. The third kappa shape index (κ3) is 6.10. The van der Waals surface area contributed by atoms with Gasteiger partial charge in [-0.25, -0.2) is 0 Å². The summed E-state index contributed by atoms with van der Waals surface area (Å²) >= 11 is 0. The lowest BCUT2D eigenvalue weighted by Gasteiger charge is -2.37. The van der Waals surface area contributed by atoms with Gasteiger partial charge in [-0.05, 0) is 58.2 Å². The molecule has 2 unspecified atom stereocenters. The normalized spacial score (nSPS) is 18.3. The zero-order chi connectivity index (χ0) is 24.3. The quantitative estimate of drug-likeness (QED) is 0.600. The van der Waals surface area contributed by atoms with E-state index in [2.05, 4.69) is 25.6 Å². The number of carbonyl (C=O) groups excluding carboxylic acids is 1. The van der Waals surface area contributed by atoms with Gasteiger partial charge in [0.2, 0.25) is 5.91 Å². The predicted octanol–water partition coefficient (Wildman–Crippen LogP) is 2.39. The van der Waals surface area contributed by atoms with E-state index in [1.54, 1.807) is 6.07 Å². The van der Waals surface area contributed by atoms with Crippen molar-refractivity contribution in [2.45, 2.75) is 46.6 Å². The lowest BCUT2D eigenvalue weighted by molar-refractivity contribution is -0.114. The monoisotopic (exact) mass is 477 g/mol. The maximum atomic E-state index is 12.9. The Kier molecular flexibility index (Phi) is 7.76. The number of carbonyl (C=O) groups is 1. The molecular weight excluding hydrogens is 442 g/mol. The third-order valence-electron chi connectivity index (χ3n) is 5.89. The van der Waals surface area contributed by atoms with Crippen molar-refractivity contribution < 1.29 is 13.2 Å². The average Bonchev–Trinajstić information content (AvgIpc) is 3.15. The number of pyridine rings is 1. The molecule has 2 atom stereocenters. The Bertz CT molecular complexity index is 1080. The van der Waals surface area contributed by atoms with Gasteiger partial charge in [0.05, 0.1) is 11.7 Å². The van der Waals surface area contributed by atoms with Gasteiger partial charge >= 0.3 is 10.2 Å². The van der Waals surface area contributed by atoms with Crippen molar-refractivity contribution in [1.82, 2.24) is 23.4 Å². The number of aryl methyl sites for hydroxylation is 2. The number of rotatable bonds is 8. The van der Waals surface area contributed by atoms with Crippen LogP contribution in [0.3, 0.4) is 0 Å². The molecule has 0 radical (unpaired) electrons. The lowest BCUT2D eigenvalue weighted by Crippen LogP contribution is -2.41. The largest absolute Gasteiger partial charge is 0.385 e. The van der Waals surface area contributed by atoms with Crippen LogP contribution in [0.2, 0.25) is 0 Å². The van der Waals surface area contributed by atoms with E-state index in [0.29, 0.717) is 11.6 Å². The SMILES string of the molecule is CC(=O)Nc1cc(C(C)N2CCCC(CNc3cc(C)nc(C)c3)C2)n(S(=O)(=O)N(C)C)n1. The van der Waals surface area contributed by atoms with E-state index in [0.717, 1.165) is 57.9 Å². The summed E-state index contributed by atoms with van der Waals surface area (Å²) in [6.07, 6.45) is 2.13. The number of nitrogens with one attached hydrogen (secondary N) is 2. The van der Waals surface area contributed by atoms with Crippen molar-refractivity contribution >= 4 is 27.6 Å². The standard InChI is InChI=1S/C22H35N7O3S/c1-15-10-20(11-16(2)24-15)23-13-19-8-7-9-28(14-19)17(3)21-12-22(25-18(4)30)26-29(21)33(31,32)27(5)6/h10-12,17,19H,7-9,13-14H2,1-6H3,(H,23,24)(H,25,26,30). The Hall–Kier alpha value is -2.50. The summed E-state index contributed by atoms with van der Waals surface area (Å²) in [7, 11) is -0.898. The zero-order valence-corrected chi connectivity index (χ0v) is 21.1. The number of likely N-dealkylation sites (tertiary alicyclic amines) is 1. The van der Waals surface area contributed by atoms with Crippen LogP contribution in [0, 0.1) is 19.8 Å². The number of hydrogen-bond donors (Lipinski definition) is 2. The van der Waals surface area contributed by atoms with E-state index in [4.69, 9.17) is 0 Å². The second-order valence-electron chi connectivity index (χ2n) is 8.97. The van der Waals surface area contributed by atoms with Crippen molar-refractivity contribution in [3.8, 4) is 0 Å². The van der Waals surface area contributed by atoms with Crippen LogP contribution < -0.4 is 10.6 Å². The zero-order valence-electron chi connectivity index (χ0n) is 20.3. The minimum atomic E-state index is -3.83. The lowest BCUT2D eigenvalue weighted by atomic mass is 9.96. The van der Waals surface area contributed by atoms with Crippen molar-refractivity contribution in [2.24, 2.45) is 5.92 Å². The first-order chi connectivity index (χ1) is 15.5. The first kappa shape index (κ1) is 25.1. The van der Waals surface area contributed by atoms with Crippen LogP contribution >= 0.6 is 0 Å². The van der Waals surface area contributed by atoms with E-state index >= 15 is 0 Å². The van der Waals surface area contributed by atoms with Crippen molar-refractivity contribution in [3.63, 3.8) is 0 Å². The molecule has 2 N–H and O–H groups in total. The van der Waals surface area contributed by atoms with Crippen molar-refractivity contribution in [3.05, 3.63) is 35.3 Å². The molecule has 3 heterocycles. The molecule has 0 saturated carbocycles. The Morgan fingerprint density at radius 1 is 1.24 bits per heavy atom. The van der Waals surface area contributed by atoms with Gasteiger partial charge in [-0.3, -0.25) is 14.7 Å². The summed E-state index contributed by atoms with van der Waals surface area (Å²) in [5.74, 6) is 0.354. The van der Waals surface area contributed by atoms with Crippen LogP contribution in [-0.4, -0.2) is 71.4 Å². The molecule has 0 aromatic carbocycles. The van der Waals surface area contributed by atoms with Gasteiger partial charge in [-0.1, -0.05) is 0 Å². The molecule has 1 aliphatic rings. The van der Waals surface area contributed by atoms with Gasteiger partial charge in [0.25, 0.3) is 0 Å². The third-order valence-corrected chi connectivity index (χ3v) is 7.54. The molecule has 182 valence electrons.